The Kier molecular flexibility index (Phi) is 6.25. The number of hydroxylamine groups is 1. The quantitative estimate of drug-likeness (QED) is 0.309. The first-order valence-corrected chi connectivity index (χ1v) is 9.96. The number of hydrogen-bond acceptors (Lipinski definition) is 5. The number of rotatable bonds is 6. The number of nitrogens with one attached hydrogen (secondary N) is 1. The zero-order chi connectivity index (χ0) is 19.6. The summed E-state index contributed by atoms with van der Waals surface area (Å²) in [6.45, 7) is -0.311. The molecular weight excluding hydrogens is 486 g/mol. The summed E-state index contributed by atoms with van der Waals surface area (Å²) in [5.41, 5.74) is 3.06. The molecule has 0 spiro atoms. The minimum absolute atomic E-state index is 0.0633. The molecule has 0 saturated carbocycles. The van der Waals surface area contributed by atoms with E-state index in [1.54, 1.807) is 30.6 Å². The van der Waals surface area contributed by atoms with Crippen molar-refractivity contribution in [2.45, 2.75) is 6.42 Å². The van der Waals surface area contributed by atoms with Crippen molar-refractivity contribution < 1.29 is 19.1 Å². The zero-order valence-corrected chi connectivity index (χ0v) is 17.3. The van der Waals surface area contributed by atoms with E-state index in [-0.39, 0.29) is 30.8 Å². The van der Waals surface area contributed by atoms with Gasteiger partial charge in [0.1, 0.15) is 5.82 Å². The fraction of sp³-hybridized carbons (Fsp3) is 0.222. The molecule has 0 atom stereocenters. The fourth-order valence-electron chi connectivity index (χ4n) is 2.77. The van der Waals surface area contributed by atoms with Gasteiger partial charge in [-0.15, -0.1) is 11.3 Å². The highest BCUT2D eigenvalue weighted by atomic mass is 127. The van der Waals surface area contributed by atoms with Gasteiger partial charge in [0, 0.05) is 22.7 Å². The standard InChI is InChI=1S/C18H16FIN2O4S/c1-22-14(8-10-2-3-11(20)9-13(10)19)15(17(24)21-26-6-5-23)16-12(18(22)25)4-7-27-16/h2-4,7,9,23H,5-6,8H2,1H3,(H,21,24). The lowest BCUT2D eigenvalue weighted by atomic mass is 10.0. The van der Waals surface area contributed by atoms with Crippen LogP contribution in [-0.4, -0.2) is 28.8 Å². The number of nitrogens with zero attached hydrogens (tertiary/aromatic N) is 1. The third kappa shape index (κ3) is 4.05. The van der Waals surface area contributed by atoms with Gasteiger partial charge in [-0.2, -0.15) is 0 Å². The third-order valence-electron chi connectivity index (χ3n) is 4.08. The summed E-state index contributed by atoms with van der Waals surface area (Å²) in [6, 6.07) is 6.47. The van der Waals surface area contributed by atoms with E-state index in [1.807, 2.05) is 22.6 Å². The maximum absolute atomic E-state index is 14.4. The Morgan fingerprint density at radius 1 is 1.41 bits per heavy atom. The molecule has 1 aromatic carbocycles. The zero-order valence-electron chi connectivity index (χ0n) is 14.3. The number of aliphatic hydroxyl groups excluding tert-OH is 1. The Bertz CT molecular complexity index is 1060. The average molecular weight is 502 g/mol. The molecule has 142 valence electrons. The van der Waals surface area contributed by atoms with Crippen molar-refractivity contribution in [3.05, 3.63) is 66.2 Å². The molecular formula is C18H16FIN2O4S. The summed E-state index contributed by atoms with van der Waals surface area (Å²) in [5.74, 6) is -0.948. The number of benzene rings is 1. The van der Waals surface area contributed by atoms with E-state index in [0.717, 1.165) is 3.57 Å². The Morgan fingerprint density at radius 2 is 2.19 bits per heavy atom. The first-order chi connectivity index (χ1) is 12.9. The predicted molar refractivity (Wildman–Crippen MR) is 109 cm³/mol. The van der Waals surface area contributed by atoms with Crippen LogP contribution in [0.15, 0.2) is 34.4 Å². The maximum atomic E-state index is 14.4. The van der Waals surface area contributed by atoms with Gasteiger partial charge in [-0.05, 0) is 51.7 Å². The van der Waals surface area contributed by atoms with Crippen LogP contribution < -0.4 is 11.0 Å². The normalized spacial score (nSPS) is 11.1. The van der Waals surface area contributed by atoms with E-state index < -0.39 is 11.7 Å². The van der Waals surface area contributed by atoms with Crippen molar-refractivity contribution in [2.75, 3.05) is 13.2 Å². The number of carbonyl (C=O) groups excluding carboxylic acids is 1. The number of halogens is 2. The molecule has 9 heteroatoms. The molecule has 0 radical (unpaired) electrons. The van der Waals surface area contributed by atoms with Gasteiger partial charge in [-0.1, -0.05) is 6.07 Å². The minimum Gasteiger partial charge on any atom is -0.394 e. The van der Waals surface area contributed by atoms with Gasteiger partial charge < -0.3 is 9.67 Å². The van der Waals surface area contributed by atoms with Crippen LogP contribution in [0.2, 0.25) is 0 Å². The van der Waals surface area contributed by atoms with Gasteiger partial charge in [0.25, 0.3) is 11.5 Å². The van der Waals surface area contributed by atoms with Gasteiger partial charge in [-0.3, -0.25) is 14.4 Å². The van der Waals surface area contributed by atoms with Crippen LogP contribution in [0, 0.1) is 9.39 Å². The second-order valence-corrected chi connectivity index (χ2v) is 7.93. The van der Waals surface area contributed by atoms with Crippen molar-refractivity contribution >= 4 is 49.9 Å². The third-order valence-corrected chi connectivity index (χ3v) is 5.68. The molecule has 0 aliphatic heterocycles. The first kappa shape index (κ1) is 19.9. The van der Waals surface area contributed by atoms with Crippen LogP contribution in [0.5, 0.6) is 0 Å². The lowest BCUT2D eigenvalue weighted by Crippen LogP contribution is -2.30. The molecule has 2 heterocycles. The number of aromatic nitrogens is 1. The molecule has 0 bridgehead atoms. The average Bonchev–Trinajstić information content (AvgIpc) is 3.11. The highest BCUT2D eigenvalue weighted by molar-refractivity contribution is 14.1. The van der Waals surface area contributed by atoms with Crippen LogP contribution in [-0.2, 0) is 18.3 Å². The summed E-state index contributed by atoms with van der Waals surface area (Å²) in [7, 11) is 1.56. The first-order valence-electron chi connectivity index (χ1n) is 8.00. The van der Waals surface area contributed by atoms with Crippen molar-refractivity contribution in [2.24, 2.45) is 7.05 Å². The van der Waals surface area contributed by atoms with Crippen LogP contribution in [0.25, 0.3) is 10.1 Å². The molecule has 0 aliphatic rings. The van der Waals surface area contributed by atoms with Crippen molar-refractivity contribution in [1.29, 1.82) is 0 Å². The monoisotopic (exact) mass is 502 g/mol. The van der Waals surface area contributed by atoms with Crippen molar-refractivity contribution in [3.63, 3.8) is 0 Å². The summed E-state index contributed by atoms with van der Waals surface area (Å²) >= 11 is 3.28. The molecule has 0 fully saturated rings. The lowest BCUT2D eigenvalue weighted by molar-refractivity contribution is 0.0168. The highest BCUT2D eigenvalue weighted by Crippen LogP contribution is 2.27. The molecule has 2 aromatic heterocycles. The van der Waals surface area contributed by atoms with Crippen LogP contribution in [0.1, 0.15) is 21.6 Å². The van der Waals surface area contributed by atoms with Crippen molar-refractivity contribution in [3.8, 4) is 0 Å². The number of pyridine rings is 1. The second-order valence-electron chi connectivity index (χ2n) is 5.77. The van der Waals surface area contributed by atoms with Gasteiger partial charge in [0.05, 0.1) is 28.9 Å². The number of fused-ring (bicyclic) bond motifs is 1. The summed E-state index contributed by atoms with van der Waals surface area (Å²) in [6.07, 6.45) is 0.0745. The van der Waals surface area contributed by atoms with Crippen LogP contribution in [0.4, 0.5) is 4.39 Å². The Labute approximate surface area is 171 Å². The topological polar surface area (TPSA) is 80.6 Å². The van der Waals surface area contributed by atoms with Gasteiger partial charge in [-0.25, -0.2) is 9.87 Å². The number of hydrogen-bond donors (Lipinski definition) is 2. The molecule has 0 saturated heterocycles. The Hall–Kier alpha value is -1.82. The molecule has 27 heavy (non-hydrogen) atoms. The lowest BCUT2D eigenvalue weighted by Gasteiger charge is -2.16. The SMILES string of the molecule is Cn1c(Cc2ccc(I)cc2F)c(C(=O)NOCCO)c2sccc2c1=O. The van der Waals surface area contributed by atoms with E-state index >= 15 is 0 Å². The van der Waals surface area contributed by atoms with E-state index in [9.17, 15) is 14.0 Å². The van der Waals surface area contributed by atoms with Crippen LogP contribution in [0.3, 0.4) is 0 Å². The number of aliphatic hydroxyl groups is 1. The van der Waals surface area contributed by atoms with Gasteiger partial charge in [0.15, 0.2) is 0 Å². The predicted octanol–water partition coefficient (Wildman–Crippen LogP) is 2.59. The molecule has 0 unspecified atom stereocenters. The van der Waals surface area contributed by atoms with Crippen LogP contribution >= 0.6 is 33.9 Å². The second kappa shape index (κ2) is 8.46. The van der Waals surface area contributed by atoms with E-state index in [4.69, 9.17) is 9.94 Å². The highest BCUT2D eigenvalue weighted by Gasteiger charge is 2.22. The van der Waals surface area contributed by atoms with E-state index in [2.05, 4.69) is 5.48 Å². The summed E-state index contributed by atoms with van der Waals surface area (Å²) < 4.78 is 17.0. The Morgan fingerprint density at radius 3 is 2.89 bits per heavy atom. The maximum Gasteiger partial charge on any atom is 0.278 e. The van der Waals surface area contributed by atoms with E-state index in [1.165, 1.54) is 22.0 Å². The van der Waals surface area contributed by atoms with Crippen molar-refractivity contribution in [1.82, 2.24) is 10.0 Å². The molecule has 6 nitrogen and oxygen atoms in total. The summed E-state index contributed by atoms with van der Waals surface area (Å²) in [5, 5.41) is 11.0. The fourth-order valence-corrected chi connectivity index (χ4v) is 4.18. The number of carbonyl (C=O) groups is 1. The summed E-state index contributed by atoms with van der Waals surface area (Å²) in [4.78, 5) is 30.3. The minimum atomic E-state index is -0.549. The van der Waals surface area contributed by atoms with Gasteiger partial charge in [0.2, 0.25) is 0 Å². The number of amides is 1. The number of thiophene rings is 1. The molecule has 2 N–H and O–H groups in total. The molecule has 0 aliphatic carbocycles. The molecule has 1 amide bonds. The molecule has 3 aromatic rings. The largest absolute Gasteiger partial charge is 0.394 e. The smallest absolute Gasteiger partial charge is 0.278 e. The Balaban J connectivity index is 2.14. The molecule has 3 rings (SSSR count). The van der Waals surface area contributed by atoms with Gasteiger partial charge >= 0.3 is 0 Å². The van der Waals surface area contributed by atoms with E-state index in [0.29, 0.717) is 21.3 Å².